The summed E-state index contributed by atoms with van der Waals surface area (Å²) in [6.07, 6.45) is 4.51. The summed E-state index contributed by atoms with van der Waals surface area (Å²) in [5.41, 5.74) is 1.37. The number of nitrogens with two attached hydrogens (primary N) is 1. The molecule has 21 heavy (non-hydrogen) atoms. The molecule has 3 atom stereocenters. The number of carbonyl (C=O) groups excluding carboxylic acids is 1. The molecule has 3 rings (SSSR count). The fourth-order valence-electron chi connectivity index (χ4n) is 3.70. The minimum Gasteiger partial charge on any atom is -0.326 e. The molecule has 5 nitrogen and oxygen atoms in total. The van der Waals surface area contributed by atoms with Gasteiger partial charge in [0.1, 0.15) is 0 Å². The van der Waals surface area contributed by atoms with Gasteiger partial charge in [-0.2, -0.15) is 0 Å². The van der Waals surface area contributed by atoms with Gasteiger partial charge in [-0.15, -0.1) is 0 Å². The molecular formula is C15H20N2O3S. The Morgan fingerprint density at radius 1 is 1.29 bits per heavy atom. The Balaban J connectivity index is 1.80. The summed E-state index contributed by atoms with van der Waals surface area (Å²) in [5.74, 6) is 1.28. The molecule has 6 heteroatoms. The maximum Gasteiger partial charge on any atom is 0.238 e. The topological polar surface area (TPSA) is 89.3 Å². The van der Waals surface area contributed by atoms with Crippen LogP contribution in [0.3, 0.4) is 0 Å². The quantitative estimate of drug-likeness (QED) is 0.895. The molecule has 1 aromatic carbocycles. The minimum atomic E-state index is -3.76. The van der Waals surface area contributed by atoms with E-state index in [-0.39, 0.29) is 16.7 Å². The van der Waals surface area contributed by atoms with E-state index in [1.54, 1.807) is 6.07 Å². The normalized spacial score (nSPS) is 27.8. The molecule has 2 aliphatic carbocycles. The smallest absolute Gasteiger partial charge is 0.238 e. The van der Waals surface area contributed by atoms with Gasteiger partial charge in [-0.1, -0.05) is 12.5 Å². The first kappa shape index (κ1) is 14.5. The van der Waals surface area contributed by atoms with Crippen LogP contribution in [-0.4, -0.2) is 14.3 Å². The van der Waals surface area contributed by atoms with Gasteiger partial charge < -0.3 is 5.32 Å². The van der Waals surface area contributed by atoms with Crippen LogP contribution in [0.4, 0.5) is 5.69 Å². The van der Waals surface area contributed by atoms with Gasteiger partial charge in [-0.05, 0) is 55.7 Å². The first-order valence-corrected chi connectivity index (χ1v) is 8.83. The molecule has 114 valence electrons. The highest BCUT2D eigenvalue weighted by atomic mass is 32.2. The Kier molecular flexibility index (Phi) is 3.53. The summed E-state index contributed by atoms with van der Waals surface area (Å²) in [4.78, 5) is 12.5. The summed E-state index contributed by atoms with van der Waals surface area (Å²) in [6, 6.07) is 4.56. The summed E-state index contributed by atoms with van der Waals surface area (Å²) in [6.45, 7) is 1.84. The highest BCUT2D eigenvalue weighted by Crippen LogP contribution is 2.48. The molecular weight excluding hydrogens is 288 g/mol. The molecule has 1 aromatic rings. The molecule has 1 amide bonds. The molecule has 2 saturated carbocycles. The largest absolute Gasteiger partial charge is 0.326 e. The summed E-state index contributed by atoms with van der Waals surface area (Å²) < 4.78 is 22.8. The zero-order valence-corrected chi connectivity index (χ0v) is 12.8. The predicted molar refractivity (Wildman–Crippen MR) is 80.1 cm³/mol. The number of amides is 1. The van der Waals surface area contributed by atoms with E-state index in [2.05, 4.69) is 5.32 Å². The SMILES string of the molecule is Cc1ccc(S(N)(=O)=O)cc1NC(=O)[C@H]1C[C@H]2CC[C@@H]1C2. The number of aryl methyl sites for hydroxylation is 1. The van der Waals surface area contributed by atoms with Gasteiger partial charge >= 0.3 is 0 Å². The number of nitrogens with one attached hydrogen (secondary N) is 1. The third-order valence-corrected chi connectivity index (χ3v) is 5.78. The van der Waals surface area contributed by atoms with Crippen molar-refractivity contribution in [2.75, 3.05) is 5.32 Å². The lowest BCUT2D eigenvalue weighted by Gasteiger charge is -2.21. The first-order valence-electron chi connectivity index (χ1n) is 7.29. The van der Waals surface area contributed by atoms with E-state index in [0.29, 0.717) is 17.5 Å². The number of hydrogen-bond acceptors (Lipinski definition) is 3. The molecule has 0 saturated heterocycles. The molecule has 2 fully saturated rings. The zero-order valence-electron chi connectivity index (χ0n) is 12.0. The Labute approximate surface area is 125 Å². The average molecular weight is 308 g/mol. The highest BCUT2D eigenvalue weighted by molar-refractivity contribution is 7.89. The number of anilines is 1. The molecule has 3 N–H and O–H groups in total. The van der Waals surface area contributed by atoms with Crippen molar-refractivity contribution in [2.24, 2.45) is 22.9 Å². The van der Waals surface area contributed by atoms with Gasteiger partial charge in [-0.3, -0.25) is 4.79 Å². The van der Waals surface area contributed by atoms with Crippen LogP contribution in [0.1, 0.15) is 31.2 Å². The molecule has 0 aromatic heterocycles. The summed E-state index contributed by atoms with van der Waals surface area (Å²) >= 11 is 0. The number of carbonyl (C=O) groups is 1. The number of primary sulfonamides is 1. The van der Waals surface area contributed by atoms with Crippen molar-refractivity contribution in [3.63, 3.8) is 0 Å². The van der Waals surface area contributed by atoms with Crippen molar-refractivity contribution in [1.82, 2.24) is 0 Å². The Morgan fingerprint density at radius 2 is 2.05 bits per heavy atom. The van der Waals surface area contributed by atoms with E-state index in [4.69, 9.17) is 5.14 Å². The van der Waals surface area contributed by atoms with Crippen molar-refractivity contribution in [1.29, 1.82) is 0 Å². The molecule has 0 radical (unpaired) electrons. The maximum atomic E-state index is 12.4. The Hall–Kier alpha value is -1.40. The second-order valence-corrected chi connectivity index (χ2v) is 7.85. The van der Waals surface area contributed by atoms with Crippen LogP contribution >= 0.6 is 0 Å². The Bertz CT molecular complexity index is 684. The van der Waals surface area contributed by atoms with Crippen LogP contribution in [0.15, 0.2) is 23.1 Å². The van der Waals surface area contributed by atoms with Crippen molar-refractivity contribution in [3.8, 4) is 0 Å². The lowest BCUT2D eigenvalue weighted by atomic mass is 9.88. The van der Waals surface area contributed by atoms with Crippen LogP contribution in [0, 0.1) is 24.7 Å². The van der Waals surface area contributed by atoms with E-state index in [1.165, 1.54) is 18.6 Å². The van der Waals surface area contributed by atoms with Crippen LogP contribution in [0.5, 0.6) is 0 Å². The molecule has 0 spiro atoms. The fraction of sp³-hybridized carbons (Fsp3) is 0.533. The number of hydrogen-bond donors (Lipinski definition) is 2. The third-order valence-electron chi connectivity index (χ3n) is 4.87. The van der Waals surface area contributed by atoms with E-state index in [9.17, 15) is 13.2 Å². The Morgan fingerprint density at radius 3 is 2.62 bits per heavy atom. The summed E-state index contributed by atoms with van der Waals surface area (Å²) in [7, 11) is -3.76. The van der Waals surface area contributed by atoms with E-state index in [1.807, 2.05) is 6.92 Å². The fourth-order valence-corrected chi connectivity index (χ4v) is 4.24. The van der Waals surface area contributed by atoms with Gasteiger partial charge in [0.15, 0.2) is 0 Å². The van der Waals surface area contributed by atoms with Crippen molar-refractivity contribution < 1.29 is 13.2 Å². The van der Waals surface area contributed by atoms with Crippen LogP contribution < -0.4 is 10.5 Å². The number of fused-ring (bicyclic) bond motifs is 2. The van der Waals surface area contributed by atoms with Crippen molar-refractivity contribution in [2.45, 2.75) is 37.5 Å². The van der Waals surface area contributed by atoms with Crippen LogP contribution in [0.25, 0.3) is 0 Å². The van der Waals surface area contributed by atoms with Gasteiger partial charge in [-0.25, -0.2) is 13.6 Å². The number of sulfonamides is 1. The van der Waals surface area contributed by atoms with Crippen molar-refractivity contribution >= 4 is 21.6 Å². The second kappa shape index (κ2) is 5.10. The molecule has 0 unspecified atom stereocenters. The second-order valence-electron chi connectivity index (χ2n) is 6.29. The van der Waals surface area contributed by atoms with Crippen molar-refractivity contribution in [3.05, 3.63) is 23.8 Å². The molecule has 0 aliphatic heterocycles. The third kappa shape index (κ3) is 2.82. The van der Waals surface area contributed by atoms with Crippen LogP contribution in [0.2, 0.25) is 0 Å². The number of rotatable bonds is 3. The molecule has 0 heterocycles. The number of benzene rings is 1. The van der Waals surface area contributed by atoms with Gasteiger partial charge in [0.05, 0.1) is 4.90 Å². The van der Waals surface area contributed by atoms with Gasteiger partial charge in [0.2, 0.25) is 15.9 Å². The maximum absolute atomic E-state index is 12.4. The van der Waals surface area contributed by atoms with Gasteiger partial charge in [0, 0.05) is 11.6 Å². The van der Waals surface area contributed by atoms with Crippen LogP contribution in [-0.2, 0) is 14.8 Å². The van der Waals surface area contributed by atoms with E-state index >= 15 is 0 Å². The molecule has 2 bridgehead atoms. The first-order chi connectivity index (χ1) is 9.84. The minimum absolute atomic E-state index is 0.0110. The highest BCUT2D eigenvalue weighted by Gasteiger charge is 2.43. The lowest BCUT2D eigenvalue weighted by molar-refractivity contribution is -0.121. The standard InChI is InChI=1S/C15H20N2O3S/c1-9-2-5-12(21(16,19)20)8-14(9)17-15(18)13-7-10-3-4-11(13)6-10/h2,5,8,10-11,13H,3-4,6-7H2,1H3,(H,17,18)(H2,16,19,20)/t10-,11+,13-/m0/s1. The predicted octanol–water partition coefficient (Wildman–Crippen LogP) is 2.02. The monoisotopic (exact) mass is 308 g/mol. The van der Waals surface area contributed by atoms with E-state index < -0.39 is 10.0 Å². The van der Waals surface area contributed by atoms with E-state index in [0.717, 1.165) is 24.8 Å². The zero-order chi connectivity index (χ0) is 15.2. The average Bonchev–Trinajstić information content (AvgIpc) is 3.02. The lowest BCUT2D eigenvalue weighted by Crippen LogP contribution is -2.27. The van der Waals surface area contributed by atoms with Gasteiger partial charge in [0.25, 0.3) is 0 Å². The summed E-state index contributed by atoms with van der Waals surface area (Å²) in [5, 5.41) is 8.03. The molecule has 2 aliphatic rings.